The number of carbonyl (C=O) groups is 1. The topological polar surface area (TPSA) is 61.4 Å². The second-order valence-corrected chi connectivity index (χ2v) is 3.88. The first-order valence-electron chi connectivity index (χ1n) is 5.77. The van der Waals surface area contributed by atoms with Gasteiger partial charge in [-0.2, -0.15) is 0 Å². The summed E-state index contributed by atoms with van der Waals surface area (Å²) in [5.74, 6) is -0.0521. The molecule has 0 aliphatic rings. The van der Waals surface area contributed by atoms with Gasteiger partial charge in [-0.1, -0.05) is 20.8 Å². The van der Waals surface area contributed by atoms with Gasteiger partial charge in [0.05, 0.1) is 12.1 Å². The molecule has 0 aliphatic carbocycles. The highest BCUT2D eigenvalue weighted by Crippen LogP contribution is 2.12. The van der Waals surface area contributed by atoms with Crippen LogP contribution in [0.25, 0.3) is 0 Å². The Morgan fingerprint density at radius 2 is 1.87 bits per heavy atom. The van der Waals surface area contributed by atoms with E-state index < -0.39 is 5.60 Å². The highest BCUT2D eigenvalue weighted by Gasteiger charge is 2.22. The number of nitrogens with one attached hydrogen (secondary N) is 2. The van der Waals surface area contributed by atoms with E-state index in [9.17, 15) is 9.90 Å². The Hall–Kier alpha value is -0.610. The molecule has 0 saturated carbocycles. The Morgan fingerprint density at radius 1 is 1.27 bits per heavy atom. The zero-order chi connectivity index (χ0) is 11.7. The van der Waals surface area contributed by atoms with E-state index in [1.165, 1.54) is 0 Å². The number of aliphatic hydroxyl groups is 1. The van der Waals surface area contributed by atoms with Gasteiger partial charge in [-0.25, -0.2) is 0 Å². The molecular formula is C11H24N2O2. The van der Waals surface area contributed by atoms with Crippen molar-refractivity contribution in [2.24, 2.45) is 0 Å². The second-order valence-electron chi connectivity index (χ2n) is 3.88. The summed E-state index contributed by atoms with van der Waals surface area (Å²) in [6, 6.07) is 0. The predicted molar refractivity (Wildman–Crippen MR) is 61.7 cm³/mol. The minimum absolute atomic E-state index is 0.0521. The molecule has 0 spiro atoms. The fourth-order valence-electron chi connectivity index (χ4n) is 1.20. The van der Waals surface area contributed by atoms with E-state index in [0.717, 1.165) is 13.0 Å². The largest absolute Gasteiger partial charge is 0.388 e. The molecule has 0 radical (unpaired) electrons. The number of carbonyl (C=O) groups excluding carboxylic acids is 1. The maximum Gasteiger partial charge on any atom is 0.234 e. The van der Waals surface area contributed by atoms with Crippen LogP contribution >= 0.6 is 0 Å². The zero-order valence-corrected chi connectivity index (χ0v) is 10.1. The van der Waals surface area contributed by atoms with Crippen molar-refractivity contribution >= 4 is 5.91 Å². The van der Waals surface area contributed by atoms with Crippen molar-refractivity contribution in [3.63, 3.8) is 0 Å². The van der Waals surface area contributed by atoms with Crippen LogP contribution in [-0.4, -0.2) is 36.2 Å². The number of hydrogen-bond donors (Lipinski definition) is 3. The lowest BCUT2D eigenvalue weighted by Crippen LogP contribution is -2.44. The van der Waals surface area contributed by atoms with Crippen molar-refractivity contribution in [2.75, 3.05) is 19.6 Å². The third kappa shape index (κ3) is 6.47. The molecule has 0 fully saturated rings. The fraction of sp³-hybridized carbons (Fsp3) is 0.909. The third-order valence-electron chi connectivity index (χ3n) is 2.64. The van der Waals surface area contributed by atoms with Gasteiger partial charge < -0.3 is 15.7 Å². The molecular weight excluding hydrogens is 192 g/mol. The summed E-state index contributed by atoms with van der Waals surface area (Å²) in [5, 5.41) is 15.7. The molecule has 0 atom stereocenters. The fourth-order valence-corrected chi connectivity index (χ4v) is 1.20. The molecule has 1 amide bonds. The Labute approximate surface area is 92.4 Å². The summed E-state index contributed by atoms with van der Waals surface area (Å²) in [5.41, 5.74) is -0.750. The highest BCUT2D eigenvalue weighted by atomic mass is 16.3. The van der Waals surface area contributed by atoms with Gasteiger partial charge in [0.15, 0.2) is 0 Å². The Bertz CT molecular complexity index is 179. The molecule has 0 aromatic heterocycles. The van der Waals surface area contributed by atoms with Gasteiger partial charge in [0.1, 0.15) is 0 Å². The molecule has 0 heterocycles. The molecule has 0 saturated heterocycles. The summed E-state index contributed by atoms with van der Waals surface area (Å²) in [4.78, 5) is 11.3. The van der Waals surface area contributed by atoms with Gasteiger partial charge in [-0.05, 0) is 25.8 Å². The number of hydrogen-bond acceptors (Lipinski definition) is 3. The Balaban J connectivity index is 3.69. The maximum atomic E-state index is 11.3. The maximum absolute atomic E-state index is 11.3. The smallest absolute Gasteiger partial charge is 0.234 e. The number of rotatable bonds is 8. The minimum atomic E-state index is -0.750. The summed E-state index contributed by atoms with van der Waals surface area (Å²) in [6.07, 6.45) is 2.33. The molecule has 4 heteroatoms. The molecule has 4 nitrogen and oxygen atoms in total. The standard InChI is InChI=1S/C11H24N2O2/c1-4-7-12-8-10(14)13-9-11(15,5-2)6-3/h12,15H,4-9H2,1-3H3,(H,13,14). The lowest BCUT2D eigenvalue weighted by Gasteiger charge is -2.25. The van der Waals surface area contributed by atoms with E-state index in [2.05, 4.69) is 17.6 Å². The van der Waals surface area contributed by atoms with E-state index in [1.54, 1.807) is 0 Å². The molecule has 15 heavy (non-hydrogen) atoms. The van der Waals surface area contributed by atoms with Crippen LogP contribution in [0.5, 0.6) is 0 Å². The van der Waals surface area contributed by atoms with Crippen molar-refractivity contribution in [3.05, 3.63) is 0 Å². The van der Waals surface area contributed by atoms with Crippen LogP contribution in [0.3, 0.4) is 0 Å². The first kappa shape index (κ1) is 14.4. The number of amides is 1. The van der Waals surface area contributed by atoms with Gasteiger partial charge in [0, 0.05) is 6.54 Å². The first-order chi connectivity index (χ1) is 7.08. The van der Waals surface area contributed by atoms with Crippen LogP contribution in [0.1, 0.15) is 40.0 Å². The van der Waals surface area contributed by atoms with E-state index in [0.29, 0.717) is 25.9 Å². The average molecular weight is 216 g/mol. The highest BCUT2D eigenvalue weighted by molar-refractivity contribution is 5.78. The SMILES string of the molecule is CCCNCC(=O)NCC(O)(CC)CC. The van der Waals surface area contributed by atoms with Crippen LogP contribution in [0.15, 0.2) is 0 Å². The van der Waals surface area contributed by atoms with Crippen molar-refractivity contribution < 1.29 is 9.90 Å². The molecule has 0 rings (SSSR count). The van der Waals surface area contributed by atoms with Crippen molar-refractivity contribution in [1.82, 2.24) is 10.6 Å². The van der Waals surface area contributed by atoms with Crippen LogP contribution in [0.4, 0.5) is 0 Å². The molecule has 0 unspecified atom stereocenters. The normalized spacial score (nSPS) is 11.5. The summed E-state index contributed by atoms with van der Waals surface area (Å²) >= 11 is 0. The summed E-state index contributed by atoms with van der Waals surface area (Å²) < 4.78 is 0. The lowest BCUT2D eigenvalue weighted by molar-refractivity contribution is -0.121. The van der Waals surface area contributed by atoms with Gasteiger partial charge in [-0.15, -0.1) is 0 Å². The summed E-state index contributed by atoms with van der Waals surface area (Å²) in [7, 11) is 0. The van der Waals surface area contributed by atoms with Crippen LogP contribution in [0.2, 0.25) is 0 Å². The average Bonchev–Trinajstić information content (AvgIpc) is 2.26. The monoisotopic (exact) mass is 216 g/mol. The van der Waals surface area contributed by atoms with Crippen LogP contribution < -0.4 is 10.6 Å². The van der Waals surface area contributed by atoms with Crippen molar-refractivity contribution in [2.45, 2.75) is 45.6 Å². The van der Waals surface area contributed by atoms with Crippen LogP contribution in [0, 0.1) is 0 Å². The molecule has 3 N–H and O–H groups in total. The van der Waals surface area contributed by atoms with Gasteiger partial charge in [0.25, 0.3) is 0 Å². The first-order valence-corrected chi connectivity index (χ1v) is 5.77. The predicted octanol–water partition coefficient (Wildman–Crippen LogP) is 0.653. The van der Waals surface area contributed by atoms with Gasteiger partial charge in [-0.3, -0.25) is 4.79 Å². The Kier molecular flexibility index (Phi) is 7.34. The van der Waals surface area contributed by atoms with E-state index in [1.807, 2.05) is 13.8 Å². The summed E-state index contributed by atoms with van der Waals surface area (Å²) in [6.45, 7) is 7.41. The van der Waals surface area contributed by atoms with Crippen molar-refractivity contribution in [1.29, 1.82) is 0 Å². The molecule has 90 valence electrons. The van der Waals surface area contributed by atoms with E-state index in [-0.39, 0.29) is 5.91 Å². The van der Waals surface area contributed by atoms with Crippen molar-refractivity contribution in [3.8, 4) is 0 Å². The molecule has 0 aromatic rings. The molecule has 0 bridgehead atoms. The third-order valence-corrected chi connectivity index (χ3v) is 2.64. The second kappa shape index (κ2) is 7.65. The minimum Gasteiger partial charge on any atom is -0.388 e. The molecule has 0 aliphatic heterocycles. The molecule has 0 aromatic carbocycles. The van der Waals surface area contributed by atoms with Gasteiger partial charge >= 0.3 is 0 Å². The van der Waals surface area contributed by atoms with E-state index in [4.69, 9.17) is 0 Å². The zero-order valence-electron chi connectivity index (χ0n) is 10.1. The quantitative estimate of drug-likeness (QED) is 0.522. The Morgan fingerprint density at radius 3 is 2.33 bits per heavy atom. The van der Waals surface area contributed by atoms with E-state index >= 15 is 0 Å². The van der Waals surface area contributed by atoms with Crippen LogP contribution in [-0.2, 0) is 4.79 Å². The van der Waals surface area contributed by atoms with Gasteiger partial charge in [0.2, 0.25) is 5.91 Å². The lowest BCUT2D eigenvalue weighted by atomic mass is 9.98.